The van der Waals surface area contributed by atoms with Crippen molar-refractivity contribution in [3.8, 4) is 5.75 Å². The largest absolute Gasteiger partial charge is 0.496 e. The number of hydrogen-bond acceptors (Lipinski definition) is 2. The molecule has 0 radical (unpaired) electrons. The van der Waals surface area contributed by atoms with Gasteiger partial charge in [-0.15, -0.1) is 0 Å². The van der Waals surface area contributed by atoms with E-state index in [2.05, 4.69) is 10.0 Å². The van der Waals surface area contributed by atoms with E-state index in [9.17, 15) is 4.39 Å². The van der Waals surface area contributed by atoms with E-state index in [0.29, 0.717) is 11.3 Å². The Kier molecular flexibility index (Phi) is 4.19. The van der Waals surface area contributed by atoms with Crippen LogP contribution in [-0.4, -0.2) is 13.7 Å². The maximum Gasteiger partial charge on any atom is 0.134 e. The molecule has 0 saturated carbocycles. The van der Waals surface area contributed by atoms with E-state index in [1.165, 1.54) is 19.3 Å². The number of methoxy groups -OCH3 is 1. The van der Waals surface area contributed by atoms with Gasteiger partial charge in [0, 0.05) is 11.5 Å². The zero-order valence-electron chi connectivity index (χ0n) is 8.22. The lowest BCUT2D eigenvalue weighted by atomic mass is 10.1. The molecule has 0 N–H and O–H groups in total. The van der Waals surface area contributed by atoms with Crippen LogP contribution in [0.15, 0.2) is 29.4 Å². The molecule has 0 saturated heterocycles. The lowest BCUT2D eigenvalue weighted by Gasteiger charge is -2.04. The normalized spacial score (nSPS) is 10.0. The fraction of sp³-hybridized carbons (Fsp3) is 0.200. The van der Waals surface area contributed by atoms with Gasteiger partial charge in [0.2, 0.25) is 0 Å². The highest BCUT2D eigenvalue weighted by molar-refractivity contribution is 5.58. The van der Waals surface area contributed by atoms with Gasteiger partial charge in [-0.1, -0.05) is 23.3 Å². The number of rotatable bonds is 4. The molecule has 0 aliphatic heterocycles. The predicted octanol–water partition coefficient (Wildman–Crippen LogP) is 3.16. The van der Waals surface area contributed by atoms with Gasteiger partial charge in [-0.25, -0.2) is 4.39 Å². The van der Waals surface area contributed by atoms with Crippen LogP contribution in [0.5, 0.6) is 5.75 Å². The molecule has 78 valence electrons. The second-order valence-corrected chi connectivity index (χ2v) is 2.67. The van der Waals surface area contributed by atoms with Gasteiger partial charge >= 0.3 is 0 Å². The van der Waals surface area contributed by atoms with Gasteiger partial charge < -0.3 is 4.74 Å². The van der Waals surface area contributed by atoms with Gasteiger partial charge in [-0.05, 0) is 17.7 Å². The van der Waals surface area contributed by atoms with Crippen LogP contribution in [0.2, 0.25) is 0 Å². The molecule has 1 aromatic rings. The third-order valence-corrected chi connectivity index (χ3v) is 1.77. The Bertz CT molecular complexity index is 411. The zero-order valence-corrected chi connectivity index (χ0v) is 8.22. The van der Waals surface area contributed by atoms with Crippen LogP contribution in [0.25, 0.3) is 16.5 Å². The van der Waals surface area contributed by atoms with Crippen LogP contribution in [0.1, 0.15) is 5.56 Å². The van der Waals surface area contributed by atoms with Gasteiger partial charge in [0.1, 0.15) is 11.6 Å². The molecular formula is C10H10FN3O. The van der Waals surface area contributed by atoms with Crippen LogP contribution in [-0.2, 0) is 0 Å². The van der Waals surface area contributed by atoms with E-state index in [1.54, 1.807) is 18.2 Å². The minimum absolute atomic E-state index is 0.188. The summed E-state index contributed by atoms with van der Waals surface area (Å²) in [6, 6.07) is 4.57. The summed E-state index contributed by atoms with van der Waals surface area (Å²) in [4.78, 5) is 2.58. The maximum atomic E-state index is 13.3. The van der Waals surface area contributed by atoms with Crippen LogP contribution in [0.3, 0.4) is 0 Å². The molecule has 1 rings (SSSR count). The van der Waals surface area contributed by atoms with Crippen molar-refractivity contribution in [2.24, 2.45) is 5.11 Å². The third kappa shape index (κ3) is 3.00. The third-order valence-electron chi connectivity index (χ3n) is 1.77. The molecule has 0 aliphatic carbocycles. The molecule has 0 spiro atoms. The van der Waals surface area contributed by atoms with Gasteiger partial charge in [-0.3, -0.25) is 0 Å². The Morgan fingerprint density at radius 1 is 1.60 bits per heavy atom. The summed E-state index contributed by atoms with van der Waals surface area (Å²) in [6.07, 6.45) is 3.10. The summed E-state index contributed by atoms with van der Waals surface area (Å²) in [7, 11) is 1.47. The van der Waals surface area contributed by atoms with Crippen LogP contribution in [0, 0.1) is 5.82 Å². The average molecular weight is 207 g/mol. The van der Waals surface area contributed by atoms with Gasteiger partial charge in [-0.2, -0.15) is 0 Å². The number of ether oxygens (including phenoxy) is 1. The second-order valence-electron chi connectivity index (χ2n) is 2.67. The maximum absolute atomic E-state index is 13.3. The Balaban J connectivity index is 2.91. The Morgan fingerprint density at radius 2 is 2.40 bits per heavy atom. The highest BCUT2D eigenvalue weighted by Gasteiger charge is 2.04. The molecule has 0 aliphatic rings. The molecule has 0 unspecified atom stereocenters. The summed E-state index contributed by atoms with van der Waals surface area (Å²) < 4.78 is 18.3. The number of azide groups is 1. The van der Waals surface area contributed by atoms with Crippen molar-refractivity contribution < 1.29 is 9.13 Å². The summed E-state index contributed by atoms with van der Waals surface area (Å²) in [6.45, 7) is 0.188. The Morgan fingerprint density at radius 3 is 3.07 bits per heavy atom. The molecule has 1 aromatic carbocycles. The molecule has 4 nitrogen and oxygen atoms in total. The first-order chi connectivity index (χ1) is 7.29. The van der Waals surface area contributed by atoms with Crippen molar-refractivity contribution in [1.82, 2.24) is 0 Å². The molecule has 0 amide bonds. The molecule has 0 bridgehead atoms. The average Bonchev–Trinajstić information content (AvgIpc) is 2.26. The Labute approximate surface area is 86.6 Å². The summed E-state index contributed by atoms with van der Waals surface area (Å²) in [5.74, 6) is 0.0822. The quantitative estimate of drug-likeness (QED) is 0.425. The molecule has 15 heavy (non-hydrogen) atoms. The first-order valence-electron chi connectivity index (χ1n) is 4.29. The van der Waals surface area contributed by atoms with Crippen molar-refractivity contribution >= 4 is 6.08 Å². The number of benzene rings is 1. The van der Waals surface area contributed by atoms with E-state index >= 15 is 0 Å². The topological polar surface area (TPSA) is 58.0 Å². The van der Waals surface area contributed by atoms with Gasteiger partial charge in [0.05, 0.1) is 12.7 Å². The minimum atomic E-state index is -0.369. The first kappa shape index (κ1) is 11.1. The second kappa shape index (κ2) is 5.67. The van der Waals surface area contributed by atoms with Crippen molar-refractivity contribution in [1.29, 1.82) is 0 Å². The highest BCUT2D eigenvalue weighted by Crippen LogP contribution is 2.22. The lowest BCUT2D eigenvalue weighted by molar-refractivity contribution is 0.410. The number of hydrogen-bond donors (Lipinski definition) is 0. The van der Waals surface area contributed by atoms with Crippen molar-refractivity contribution in [3.05, 3.63) is 46.1 Å². The SMILES string of the molecule is COc1cccc(F)c1C=CCN=[N+]=[N-]. The summed E-state index contributed by atoms with van der Waals surface area (Å²) in [5.41, 5.74) is 8.40. The molecular weight excluding hydrogens is 197 g/mol. The molecule has 0 atom stereocenters. The van der Waals surface area contributed by atoms with Gasteiger partial charge in [0.25, 0.3) is 0 Å². The smallest absolute Gasteiger partial charge is 0.134 e. The molecule has 0 aromatic heterocycles. The first-order valence-corrected chi connectivity index (χ1v) is 4.29. The lowest BCUT2D eigenvalue weighted by Crippen LogP contribution is -1.90. The van der Waals surface area contributed by atoms with Crippen LogP contribution in [0.4, 0.5) is 4.39 Å². The Hall–Kier alpha value is -2.00. The van der Waals surface area contributed by atoms with E-state index in [4.69, 9.17) is 10.3 Å². The minimum Gasteiger partial charge on any atom is -0.496 e. The standard InChI is InChI=1S/C10H10FN3O/c1-15-10-6-2-5-9(11)8(10)4-3-7-13-14-12/h2-6H,7H2,1H3. The van der Waals surface area contributed by atoms with E-state index < -0.39 is 0 Å². The van der Waals surface area contributed by atoms with E-state index in [-0.39, 0.29) is 12.4 Å². The van der Waals surface area contributed by atoms with Crippen LogP contribution < -0.4 is 4.74 Å². The van der Waals surface area contributed by atoms with Crippen LogP contribution >= 0.6 is 0 Å². The fourth-order valence-corrected chi connectivity index (χ4v) is 1.11. The van der Waals surface area contributed by atoms with Crippen molar-refractivity contribution in [2.45, 2.75) is 0 Å². The number of nitrogens with zero attached hydrogens (tertiary/aromatic N) is 3. The molecule has 5 heteroatoms. The fourth-order valence-electron chi connectivity index (χ4n) is 1.11. The molecule has 0 fully saturated rings. The summed E-state index contributed by atoms with van der Waals surface area (Å²) >= 11 is 0. The predicted molar refractivity (Wildman–Crippen MR) is 56.0 cm³/mol. The summed E-state index contributed by atoms with van der Waals surface area (Å²) in [5, 5.41) is 3.30. The van der Waals surface area contributed by atoms with Crippen molar-refractivity contribution in [2.75, 3.05) is 13.7 Å². The monoisotopic (exact) mass is 207 g/mol. The van der Waals surface area contributed by atoms with E-state index in [1.807, 2.05) is 0 Å². The highest BCUT2D eigenvalue weighted by atomic mass is 19.1. The molecule has 0 heterocycles. The zero-order chi connectivity index (χ0) is 11.1. The van der Waals surface area contributed by atoms with Crippen molar-refractivity contribution in [3.63, 3.8) is 0 Å². The van der Waals surface area contributed by atoms with E-state index in [0.717, 1.165) is 0 Å². The van der Waals surface area contributed by atoms with Gasteiger partial charge in [0.15, 0.2) is 0 Å². The number of halogens is 1.